The van der Waals surface area contributed by atoms with Gasteiger partial charge in [0.1, 0.15) is 11.3 Å². The molecule has 1 aromatic carbocycles. The molecule has 2 atom stereocenters. The van der Waals surface area contributed by atoms with Crippen LogP contribution in [0.1, 0.15) is 49.5 Å². The first kappa shape index (κ1) is 25.7. The molecule has 2 unspecified atom stereocenters. The van der Waals surface area contributed by atoms with E-state index in [4.69, 9.17) is 11.5 Å². The Morgan fingerprint density at radius 3 is 2.53 bits per heavy atom. The number of hydrogen-bond acceptors (Lipinski definition) is 6. The van der Waals surface area contributed by atoms with Crippen molar-refractivity contribution in [1.29, 1.82) is 0 Å². The third-order valence-corrected chi connectivity index (χ3v) is 6.51. The summed E-state index contributed by atoms with van der Waals surface area (Å²) in [5.41, 5.74) is 8.40. The number of rotatable bonds is 6. The Kier molecular flexibility index (Phi) is 6.82. The van der Waals surface area contributed by atoms with Crippen LogP contribution in [0.25, 0.3) is 10.9 Å². The summed E-state index contributed by atoms with van der Waals surface area (Å²) in [7, 11) is 0. The van der Waals surface area contributed by atoms with Gasteiger partial charge in [0.05, 0.1) is 22.6 Å². The number of carboxylic acid groups (broad SMARTS) is 1. The van der Waals surface area contributed by atoms with Crippen LogP contribution in [0, 0.1) is 17.0 Å². The number of carbonyl (C=O) groups is 2. The molecule has 4 rings (SSSR count). The molecular weight excluding hydrogens is 472 g/mol. The van der Waals surface area contributed by atoms with Gasteiger partial charge in [-0.25, -0.2) is 13.6 Å². The SMILES string of the molecule is CC(N)C(=O)NCC1(C)CCN(c2c(F)c(N)c3c(=O)c(C(=O)O)cn(C4CC4)c3c2F)C1.Cl. The zero-order valence-corrected chi connectivity index (χ0v) is 19.7. The summed E-state index contributed by atoms with van der Waals surface area (Å²) in [4.78, 5) is 37.7. The number of anilines is 2. The second-order valence-electron chi connectivity index (χ2n) is 9.42. The second kappa shape index (κ2) is 9.03. The van der Waals surface area contributed by atoms with Crippen molar-refractivity contribution in [3.05, 3.63) is 33.6 Å². The fraction of sp³-hybridized carbons (Fsp3) is 0.500. The Bertz CT molecular complexity index is 1230. The van der Waals surface area contributed by atoms with Crippen molar-refractivity contribution in [3.8, 4) is 0 Å². The highest BCUT2D eigenvalue weighted by atomic mass is 35.5. The first-order valence-corrected chi connectivity index (χ1v) is 10.8. The maximum absolute atomic E-state index is 15.9. The summed E-state index contributed by atoms with van der Waals surface area (Å²) < 4.78 is 32.6. The molecule has 9 nitrogen and oxygen atoms in total. The topological polar surface area (TPSA) is 144 Å². The predicted octanol–water partition coefficient (Wildman–Crippen LogP) is 2.00. The van der Waals surface area contributed by atoms with E-state index in [1.54, 1.807) is 6.92 Å². The number of aromatic carboxylic acids is 1. The zero-order chi connectivity index (χ0) is 24.2. The lowest BCUT2D eigenvalue weighted by molar-refractivity contribution is -0.122. The number of amides is 1. The average molecular weight is 500 g/mol. The molecule has 34 heavy (non-hydrogen) atoms. The van der Waals surface area contributed by atoms with E-state index in [9.17, 15) is 19.5 Å². The van der Waals surface area contributed by atoms with Crippen molar-refractivity contribution in [1.82, 2.24) is 9.88 Å². The molecule has 1 saturated carbocycles. The molecule has 6 N–H and O–H groups in total. The second-order valence-corrected chi connectivity index (χ2v) is 9.42. The van der Waals surface area contributed by atoms with Crippen LogP contribution in [0.15, 0.2) is 11.0 Å². The third kappa shape index (κ3) is 4.29. The van der Waals surface area contributed by atoms with Crippen molar-refractivity contribution in [2.75, 3.05) is 30.3 Å². The minimum Gasteiger partial charge on any atom is -0.477 e. The minimum atomic E-state index is -1.48. The quantitative estimate of drug-likeness (QED) is 0.445. The Morgan fingerprint density at radius 1 is 1.32 bits per heavy atom. The lowest BCUT2D eigenvalue weighted by Gasteiger charge is -2.27. The van der Waals surface area contributed by atoms with Gasteiger partial charge in [-0.15, -0.1) is 12.4 Å². The van der Waals surface area contributed by atoms with Crippen molar-refractivity contribution < 1.29 is 23.5 Å². The van der Waals surface area contributed by atoms with Crippen LogP contribution >= 0.6 is 12.4 Å². The molecule has 1 aromatic heterocycles. The van der Waals surface area contributed by atoms with Crippen LogP contribution in [0.4, 0.5) is 20.2 Å². The van der Waals surface area contributed by atoms with Crippen molar-refractivity contribution in [2.24, 2.45) is 11.1 Å². The Balaban J connectivity index is 0.00000324. The lowest BCUT2D eigenvalue weighted by Crippen LogP contribution is -2.44. The molecule has 0 radical (unpaired) electrons. The summed E-state index contributed by atoms with van der Waals surface area (Å²) in [5.74, 6) is -3.83. The summed E-state index contributed by atoms with van der Waals surface area (Å²) in [5, 5.41) is 11.7. The number of nitrogen functional groups attached to an aromatic ring is 1. The number of pyridine rings is 1. The lowest BCUT2D eigenvalue weighted by atomic mass is 9.89. The van der Waals surface area contributed by atoms with Gasteiger partial charge in [0.25, 0.3) is 0 Å². The molecule has 1 amide bonds. The van der Waals surface area contributed by atoms with Crippen LogP contribution in [-0.4, -0.2) is 47.2 Å². The molecule has 1 aliphatic carbocycles. The predicted molar refractivity (Wildman–Crippen MR) is 127 cm³/mol. The molecule has 2 aliphatic rings. The van der Waals surface area contributed by atoms with Gasteiger partial charge < -0.3 is 31.4 Å². The number of halogens is 3. The minimum absolute atomic E-state index is 0. The molecule has 12 heteroatoms. The van der Waals surface area contributed by atoms with E-state index in [2.05, 4.69) is 5.32 Å². The fourth-order valence-electron chi connectivity index (χ4n) is 4.44. The van der Waals surface area contributed by atoms with Crippen LogP contribution in [0.5, 0.6) is 0 Å². The maximum atomic E-state index is 15.9. The number of nitrogens with zero attached hydrogens (tertiary/aromatic N) is 2. The first-order chi connectivity index (χ1) is 15.4. The monoisotopic (exact) mass is 499 g/mol. The molecule has 2 heterocycles. The number of nitrogens with two attached hydrogens (primary N) is 2. The maximum Gasteiger partial charge on any atom is 0.341 e. The molecule has 2 aromatic rings. The largest absolute Gasteiger partial charge is 0.477 e. The highest BCUT2D eigenvalue weighted by Crippen LogP contribution is 2.43. The van der Waals surface area contributed by atoms with E-state index in [-0.39, 0.29) is 48.6 Å². The standard InChI is InChI=1S/C22H27F2N5O4.ClH/c1-10(25)20(31)27-8-22(2)5-6-28(9-22)18-14(23)16(26)13-17(15(18)24)29(11-3-4-11)7-12(19(13)30)21(32)33;/h7,10-11H,3-6,8-9,25-26H2,1-2H3,(H,27,31)(H,32,33);1H. The van der Waals surface area contributed by atoms with Gasteiger partial charge in [-0.3, -0.25) is 9.59 Å². The third-order valence-electron chi connectivity index (χ3n) is 6.51. The summed E-state index contributed by atoms with van der Waals surface area (Å²) in [6, 6.07) is -0.855. The Morgan fingerprint density at radius 2 is 1.97 bits per heavy atom. The molecule has 186 valence electrons. The molecule has 0 bridgehead atoms. The van der Waals surface area contributed by atoms with E-state index < -0.39 is 51.1 Å². The normalized spacial score (nSPS) is 20.8. The Labute approximate surface area is 200 Å². The van der Waals surface area contributed by atoms with Crippen molar-refractivity contribution in [3.63, 3.8) is 0 Å². The number of carbonyl (C=O) groups excluding carboxylic acids is 1. The summed E-state index contributed by atoms with van der Waals surface area (Å²) in [6.45, 7) is 4.30. The molecular formula is C22H28ClF2N5O4. The van der Waals surface area contributed by atoms with E-state index in [1.807, 2.05) is 6.92 Å². The molecule has 1 aliphatic heterocycles. The van der Waals surface area contributed by atoms with Crippen LogP contribution in [-0.2, 0) is 4.79 Å². The van der Waals surface area contributed by atoms with Gasteiger partial charge in [-0.2, -0.15) is 0 Å². The zero-order valence-electron chi connectivity index (χ0n) is 18.9. The van der Waals surface area contributed by atoms with E-state index >= 15 is 8.78 Å². The summed E-state index contributed by atoms with van der Waals surface area (Å²) in [6.07, 6.45) is 3.04. The average Bonchev–Trinajstić information content (AvgIpc) is 3.52. The fourth-order valence-corrected chi connectivity index (χ4v) is 4.44. The number of benzene rings is 1. The number of nitrogens with one attached hydrogen (secondary N) is 1. The number of carboxylic acids is 1. The molecule has 2 fully saturated rings. The highest BCUT2D eigenvalue weighted by molar-refractivity contribution is 5.99. The van der Waals surface area contributed by atoms with Gasteiger partial charge in [0, 0.05) is 37.3 Å². The summed E-state index contributed by atoms with van der Waals surface area (Å²) >= 11 is 0. The van der Waals surface area contributed by atoms with E-state index in [0.717, 1.165) is 6.20 Å². The van der Waals surface area contributed by atoms with Crippen LogP contribution < -0.4 is 27.1 Å². The number of fused-ring (bicyclic) bond motifs is 1. The van der Waals surface area contributed by atoms with Gasteiger partial charge in [0.15, 0.2) is 11.6 Å². The van der Waals surface area contributed by atoms with Crippen LogP contribution in [0.2, 0.25) is 0 Å². The van der Waals surface area contributed by atoms with E-state index in [0.29, 0.717) is 25.8 Å². The van der Waals surface area contributed by atoms with E-state index in [1.165, 1.54) is 9.47 Å². The van der Waals surface area contributed by atoms with Crippen LogP contribution in [0.3, 0.4) is 0 Å². The molecule has 1 saturated heterocycles. The Hall–Kier alpha value is -2.92. The van der Waals surface area contributed by atoms with Gasteiger partial charge in [-0.05, 0) is 26.2 Å². The first-order valence-electron chi connectivity index (χ1n) is 10.8. The molecule has 0 spiro atoms. The number of aromatic nitrogens is 1. The number of hydrogen-bond donors (Lipinski definition) is 4. The van der Waals surface area contributed by atoms with Gasteiger partial charge in [-0.1, -0.05) is 6.92 Å². The smallest absolute Gasteiger partial charge is 0.341 e. The van der Waals surface area contributed by atoms with Gasteiger partial charge in [0.2, 0.25) is 11.3 Å². The van der Waals surface area contributed by atoms with Crippen molar-refractivity contribution in [2.45, 2.75) is 45.2 Å². The van der Waals surface area contributed by atoms with Gasteiger partial charge >= 0.3 is 5.97 Å². The highest BCUT2D eigenvalue weighted by Gasteiger charge is 2.39. The van der Waals surface area contributed by atoms with Crippen molar-refractivity contribution >= 4 is 46.6 Å².